The Bertz CT molecular complexity index is 786. The molecular weight excluding hydrogens is 432 g/mol. The molecule has 3 rings (SSSR count). The van der Waals surface area contributed by atoms with E-state index in [1.165, 1.54) is 0 Å². The largest absolute Gasteiger partial charge is 0.444 e. The van der Waals surface area contributed by atoms with Crippen LogP contribution in [0.1, 0.15) is 78.9 Å². The average Bonchev–Trinajstić information content (AvgIpc) is 3.00. The summed E-state index contributed by atoms with van der Waals surface area (Å²) in [6.45, 7) is 10.8. The smallest absolute Gasteiger partial charge is 0.412 e. The van der Waals surface area contributed by atoms with Crippen LogP contribution in [0.15, 0.2) is 24.3 Å². The molecule has 2 fully saturated rings. The van der Waals surface area contributed by atoms with E-state index in [9.17, 15) is 14.7 Å². The third-order valence-corrected chi connectivity index (χ3v) is 5.93. The van der Waals surface area contributed by atoms with Crippen molar-refractivity contribution in [2.45, 2.75) is 103 Å². The zero-order valence-corrected chi connectivity index (χ0v) is 20.6. The fourth-order valence-electron chi connectivity index (χ4n) is 4.52. The zero-order chi connectivity index (χ0) is 23.8. The first-order chi connectivity index (χ1) is 14.8. The standard InChI is InChI=1S/C24H35ClN2O5/c1-23(2,3)31-21(29)26-17-9-7-8-10-18(17)27(22(30)32-24(4,5)6)20(26)19(28)15-11-13-16(25)14-12-15/h11-14,17-20,28H,7-10H2,1-6H3/t17-,18-,19?/m1/s1. The lowest BCUT2D eigenvalue weighted by Gasteiger charge is -2.36. The highest BCUT2D eigenvalue weighted by Gasteiger charge is 2.56. The fourth-order valence-corrected chi connectivity index (χ4v) is 4.65. The Labute approximate surface area is 195 Å². The minimum Gasteiger partial charge on any atom is -0.444 e. The summed E-state index contributed by atoms with van der Waals surface area (Å²) in [6, 6.07) is 6.26. The number of nitrogens with zero attached hydrogens (tertiary/aromatic N) is 2. The Morgan fingerprint density at radius 3 is 1.69 bits per heavy atom. The van der Waals surface area contributed by atoms with Crippen LogP contribution < -0.4 is 0 Å². The lowest BCUT2D eigenvalue weighted by molar-refractivity contribution is -0.0401. The summed E-state index contributed by atoms with van der Waals surface area (Å²) in [5, 5.41) is 12.0. The number of ether oxygens (including phenoxy) is 2. The van der Waals surface area contributed by atoms with Gasteiger partial charge in [0.2, 0.25) is 0 Å². The minimum atomic E-state index is -1.15. The second-order valence-electron chi connectivity index (χ2n) is 10.6. The summed E-state index contributed by atoms with van der Waals surface area (Å²) in [5.74, 6) is 0. The van der Waals surface area contributed by atoms with Gasteiger partial charge in [0.25, 0.3) is 0 Å². The van der Waals surface area contributed by atoms with Crippen LogP contribution in [-0.2, 0) is 9.47 Å². The van der Waals surface area contributed by atoms with Crippen LogP contribution in [0.4, 0.5) is 9.59 Å². The van der Waals surface area contributed by atoms with Crippen molar-refractivity contribution in [1.82, 2.24) is 9.80 Å². The van der Waals surface area contributed by atoms with Gasteiger partial charge >= 0.3 is 12.2 Å². The summed E-state index contributed by atoms with van der Waals surface area (Å²) in [7, 11) is 0. The van der Waals surface area contributed by atoms with E-state index < -0.39 is 35.7 Å². The summed E-state index contributed by atoms with van der Waals surface area (Å²) < 4.78 is 11.4. The Balaban J connectivity index is 2.06. The van der Waals surface area contributed by atoms with Crippen molar-refractivity contribution in [1.29, 1.82) is 0 Å². The van der Waals surface area contributed by atoms with Crippen LogP contribution in [0.3, 0.4) is 0 Å². The molecule has 1 saturated heterocycles. The number of fused-ring (bicyclic) bond motifs is 1. The Morgan fingerprint density at radius 2 is 1.31 bits per heavy atom. The van der Waals surface area contributed by atoms with Crippen molar-refractivity contribution in [3.63, 3.8) is 0 Å². The Hall–Kier alpha value is -1.99. The zero-order valence-electron chi connectivity index (χ0n) is 19.8. The predicted octanol–water partition coefficient (Wildman–Crippen LogP) is 5.50. The van der Waals surface area contributed by atoms with Gasteiger partial charge < -0.3 is 14.6 Å². The van der Waals surface area contributed by atoms with E-state index in [1.54, 1.807) is 75.6 Å². The third-order valence-electron chi connectivity index (χ3n) is 5.68. The second-order valence-corrected chi connectivity index (χ2v) is 11.0. The number of aliphatic hydroxyl groups is 1. The van der Waals surface area contributed by atoms with Gasteiger partial charge in [0.05, 0.1) is 12.1 Å². The van der Waals surface area contributed by atoms with Crippen LogP contribution in [0.25, 0.3) is 0 Å². The number of rotatable bonds is 2. The molecule has 1 aliphatic carbocycles. The molecule has 1 aliphatic heterocycles. The maximum absolute atomic E-state index is 13.4. The van der Waals surface area contributed by atoms with Crippen molar-refractivity contribution >= 4 is 23.8 Å². The van der Waals surface area contributed by atoms with E-state index in [0.29, 0.717) is 10.6 Å². The maximum Gasteiger partial charge on any atom is 0.412 e. The molecule has 0 radical (unpaired) electrons. The third kappa shape index (κ3) is 5.49. The predicted molar refractivity (Wildman–Crippen MR) is 122 cm³/mol. The van der Waals surface area contributed by atoms with Gasteiger partial charge in [-0.05, 0) is 72.1 Å². The van der Waals surface area contributed by atoms with Crippen LogP contribution >= 0.6 is 11.6 Å². The van der Waals surface area contributed by atoms with Crippen LogP contribution in [0.2, 0.25) is 5.02 Å². The summed E-state index contributed by atoms with van der Waals surface area (Å²) >= 11 is 6.03. The number of carbonyl (C=O) groups excluding carboxylic acids is 2. The molecule has 1 heterocycles. The van der Waals surface area contributed by atoms with Gasteiger partial charge in [-0.1, -0.05) is 36.6 Å². The van der Waals surface area contributed by atoms with E-state index >= 15 is 0 Å². The van der Waals surface area contributed by atoms with Crippen molar-refractivity contribution < 1.29 is 24.2 Å². The fraction of sp³-hybridized carbons (Fsp3) is 0.667. The molecule has 7 nitrogen and oxygen atoms in total. The van der Waals surface area contributed by atoms with Crippen molar-refractivity contribution in [3.8, 4) is 0 Å². The number of halogens is 1. The number of hydrogen-bond acceptors (Lipinski definition) is 5. The van der Waals surface area contributed by atoms with Crippen LogP contribution in [0.5, 0.6) is 0 Å². The normalized spacial score (nSPS) is 23.0. The average molecular weight is 467 g/mol. The molecule has 178 valence electrons. The lowest BCUT2D eigenvalue weighted by atomic mass is 9.90. The molecule has 2 amide bonds. The summed E-state index contributed by atoms with van der Waals surface area (Å²) in [6.07, 6.45) is 0.141. The molecule has 1 aromatic rings. The van der Waals surface area contributed by atoms with E-state index in [4.69, 9.17) is 21.1 Å². The van der Waals surface area contributed by atoms with E-state index in [0.717, 1.165) is 25.7 Å². The van der Waals surface area contributed by atoms with Crippen molar-refractivity contribution in [2.24, 2.45) is 0 Å². The highest BCUT2D eigenvalue weighted by molar-refractivity contribution is 6.30. The first-order valence-corrected chi connectivity index (χ1v) is 11.6. The molecule has 0 bridgehead atoms. The van der Waals surface area contributed by atoms with Gasteiger partial charge in [-0.15, -0.1) is 0 Å². The number of hydrogen-bond donors (Lipinski definition) is 1. The molecule has 0 spiro atoms. The number of amides is 2. The van der Waals surface area contributed by atoms with Gasteiger partial charge in [0.1, 0.15) is 23.5 Å². The Morgan fingerprint density at radius 1 is 0.906 bits per heavy atom. The number of aliphatic hydroxyl groups excluding tert-OH is 1. The lowest BCUT2D eigenvalue weighted by Crippen LogP contribution is -2.51. The van der Waals surface area contributed by atoms with Gasteiger partial charge in [-0.25, -0.2) is 9.59 Å². The molecule has 2 aliphatic rings. The molecular formula is C24H35ClN2O5. The summed E-state index contributed by atoms with van der Waals surface area (Å²) in [4.78, 5) is 29.8. The van der Waals surface area contributed by atoms with Crippen molar-refractivity contribution in [3.05, 3.63) is 34.9 Å². The van der Waals surface area contributed by atoms with Crippen molar-refractivity contribution in [2.75, 3.05) is 0 Å². The SMILES string of the molecule is CC(C)(C)OC(=O)N1C(C(O)c2ccc(Cl)cc2)N(C(=O)OC(C)(C)C)[C@@H]2CCCC[C@H]21. The first-order valence-electron chi connectivity index (χ1n) is 11.2. The molecule has 8 heteroatoms. The molecule has 32 heavy (non-hydrogen) atoms. The second kappa shape index (κ2) is 9.10. The molecule has 1 unspecified atom stereocenters. The minimum absolute atomic E-state index is 0.252. The molecule has 1 saturated carbocycles. The Kier molecular flexibility index (Phi) is 7.01. The molecule has 1 N–H and O–H groups in total. The monoisotopic (exact) mass is 466 g/mol. The number of carbonyl (C=O) groups is 2. The van der Waals surface area contributed by atoms with E-state index in [2.05, 4.69) is 0 Å². The topological polar surface area (TPSA) is 79.3 Å². The van der Waals surface area contributed by atoms with Crippen LogP contribution in [0, 0.1) is 0 Å². The highest BCUT2D eigenvalue weighted by Crippen LogP contribution is 2.42. The van der Waals surface area contributed by atoms with Gasteiger partial charge in [0, 0.05) is 5.02 Å². The molecule has 1 aromatic carbocycles. The molecule has 3 atom stereocenters. The van der Waals surface area contributed by atoms with Gasteiger partial charge in [-0.2, -0.15) is 0 Å². The van der Waals surface area contributed by atoms with E-state index in [1.807, 2.05) is 0 Å². The maximum atomic E-state index is 13.4. The highest BCUT2D eigenvalue weighted by atomic mass is 35.5. The van der Waals surface area contributed by atoms with E-state index in [-0.39, 0.29) is 12.1 Å². The first kappa shape index (κ1) is 24.6. The van der Waals surface area contributed by atoms with Gasteiger partial charge in [0.15, 0.2) is 0 Å². The number of benzene rings is 1. The molecule has 0 aromatic heterocycles. The van der Waals surface area contributed by atoms with Gasteiger partial charge in [-0.3, -0.25) is 9.80 Å². The quantitative estimate of drug-likeness (QED) is 0.622. The van der Waals surface area contributed by atoms with Crippen LogP contribution in [-0.4, -0.2) is 56.5 Å². The summed E-state index contributed by atoms with van der Waals surface area (Å²) in [5.41, 5.74) is -0.868.